The molecule has 0 spiro atoms. The van der Waals surface area contributed by atoms with E-state index in [1.165, 1.54) is 0 Å². The molecule has 1 saturated carbocycles. The third kappa shape index (κ3) is 4.38. The Balaban J connectivity index is 2.03. The van der Waals surface area contributed by atoms with Crippen molar-refractivity contribution in [2.75, 3.05) is 11.9 Å². The fraction of sp³-hybridized carbons (Fsp3) is 0.476. The van der Waals surface area contributed by atoms with Gasteiger partial charge in [0.15, 0.2) is 0 Å². The molecule has 0 radical (unpaired) electrons. The fourth-order valence-electron chi connectivity index (χ4n) is 3.05. The van der Waals surface area contributed by atoms with Gasteiger partial charge in [0, 0.05) is 17.2 Å². The van der Waals surface area contributed by atoms with Gasteiger partial charge in [-0.3, -0.25) is 9.59 Å². The zero-order valence-corrected chi connectivity index (χ0v) is 16.2. The average Bonchev–Trinajstić information content (AvgIpc) is 3.51. The van der Waals surface area contributed by atoms with Gasteiger partial charge in [-0.05, 0) is 50.3 Å². The summed E-state index contributed by atoms with van der Waals surface area (Å²) in [5.74, 6) is 1.29. The van der Waals surface area contributed by atoms with Crippen LogP contribution in [0.3, 0.4) is 0 Å². The van der Waals surface area contributed by atoms with Gasteiger partial charge in [0.2, 0.25) is 5.91 Å². The lowest BCUT2D eigenvalue weighted by atomic mass is 10.1. The summed E-state index contributed by atoms with van der Waals surface area (Å²) < 4.78 is 5.86. The zero-order chi connectivity index (χ0) is 19.4. The summed E-state index contributed by atoms with van der Waals surface area (Å²) in [4.78, 5) is 32.2. The van der Waals surface area contributed by atoms with Crippen LogP contribution in [0.2, 0.25) is 0 Å². The molecule has 1 aliphatic rings. The summed E-state index contributed by atoms with van der Waals surface area (Å²) >= 11 is 0. The molecule has 1 heterocycles. The van der Waals surface area contributed by atoms with Crippen LogP contribution in [0, 0.1) is 5.92 Å². The summed E-state index contributed by atoms with van der Waals surface area (Å²) in [6.07, 6.45) is 4.09. The van der Waals surface area contributed by atoms with E-state index in [9.17, 15) is 9.59 Å². The number of aromatic nitrogens is 2. The lowest BCUT2D eigenvalue weighted by Crippen LogP contribution is -2.18. The van der Waals surface area contributed by atoms with E-state index in [1.807, 2.05) is 39.0 Å². The van der Waals surface area contributed by atoms with Crippen molar-refractivity contribution in [1.29, 1.82) is 0 Å². The highest BCUT2D eigenvalue weighted by Crippen LogP contribution is 2.33. The number of carbonyl (C=O) groups is 1. The predicted molar refractivity (Wildman–Crippen MR) is 106 cm³/mol. The summed E-state index contributed by atoms with van der Waals surface area (Å²) in [5, 5.41) is 2.95. The minimum Gasteiger partial charge on any atom is -0.493 e. The van der Waals surface area contributed by atoms with Crippen LogP contribution in [0.5, 0.6) is 5.75 Å². The Bertz CT molecular complexity index is 885. The van der Waals surface area contributed by atoms with Gasteiger partial charge in [-0.1, -0.05) is 20.8 Å². The number of ether oxygens (including phenoxy) is 1. The Morgan fingerprint density at radius 1 is 1.26 bits per heavy atom. The smallest absolute Gasteiger partial charge is 0.254 e. The largest absolute Gasteiger partial charge is 0.493 e. The van der Waals surface area contributed by atoms with E-state index in [0.29, 0.717) is 42.3 Å². The number of carbonyl (C=O) groups excluding carboxylic acids is 1. The molecule has 1 amide bonds. The molecule has 1 aromatic carbocycles. The van der Waals surface area contributed by atoms with Crippen LogP contribution in [-0.2, 0) is 17.6 Å². The molecule has 0 bridgehead atoms. The van der Waals surface area contributed by atoms with Crippen molar-refractivity contribution in [2.45, 2.75) is 52.9 Å². The maximum atomic E-state index is 12.5. The number of H-pyrrole nitrogens is 1. The first-order valence-electron chi connectivity index (χ1n) is 9.77. The van der Waals surface area contributed by atoms with E-state index in [0.717, 1.165) is 30.5 Å². The SMILES string of the molecule is CCCOc1ccc(NC(=O)C2CC2)cc1-c1nc(CC)c(CC)c(=O)[nH]1. The highest BCUT2D eigenvalue weighted by molar-refractivity contribution is 5.94. The Morgan fingerprint density at radius 2 is 2.04 bits per heavy atom. The maximum absolute atomic E-state index is 12.5. The summed E-state index contributed by atoms with van der Waals surface area (Å²) in [7, 11) is 0. The topological polar surface area (TPSA) is 84.1 Å². The Hall–Kier alpha value is -2.63. The van der Waals surface area contributed by atoms with E-state index in [2.05, 4.69) is 15.3 Å². The van der Waals surface area contributed by atoms with Gasteiger partial charge < -0.3 is 15.0 Å². The molecule has 0 unspecified atom stereocenters. The lowest BCUT2D eigenvalue weighted by molar-refractivity contribution is -0.117. The van der Waals surface area contributed by atoms with Gasteiger partial charge in [0.05, 0.1) is 17.9 Å². The second-order valence-electron chi connectivity index (χ2n) is 6.87. The van der Waals surface area contributed by atoms with Crippen molar-refractivity contribution in [3.05, 3.63) is 39.8 Å². The minimum absolute atomic E-state index is 0.0419. The highest BCUT2D eigenvalue weighted by atomic mass is 16.5. The van der Waals surface area contributed by atoms with Crippen molar-refractivity contribution < 1.29 is 9.53 Å². The van der Waals surface area contributed by atoms with Crippen LogP contribution in [-0.4, -0.2) is 22.5 Å². The van der Waals surface area contributed by atoms with E-state index in [4.69, 9.17) is 4.74 Å². The van der Waals surface area contributed by atoms with Gasteiger partial charge in [-0.15, -0.1) is 0 Å². The number of hydrogen-bond donors (Lipinski definition) is 2. The fourth-order valence-corrected chi connectivity index (χ4v) is 3.05. The second kappa shape index (κ2) is 8.37. The molecule has 2 N–H and O–H groups in total. The third-order valence-corrected chi connectivity index (χ3v) is 4.70. The Morgan fingerprint density at radius 3 is 2.67 bits per heavy atom. The van der Waals surface area contributed by atoms with Crippen molar-refractivity contribution >= 4 is 11.6 Å². The number of anilines is 1. The van der Waals surface area contributed by atoms with Gasteiger partial charge in [-0.25, -0.2) is 4.98 Å². The normalized spacial score (nSPS) is 13.4. The van der Waals surface area contributed by atoms with Gasteiger partial charge in [0.1, 0.15) is 11.6 Å². The minimum atomic E-state index is -0.117. The number of aromatic amines is 1. The number of aryl methyl sites for hydroxylation is 1. The molecule has 0 atom stereocenters. The second-order valence-corrected chi connectivity index (χ2v) is 6.87. The summed E-state index contributed by atoms with van der Waals surface area (Å²) in [6, 6.07) is 5.48. The molecular formula is C21H27N3O3. The predicted octanol–water partition coefficient (Wildman–Crippen LogP) is 3.70. The van der Waals surface area contributed by atoms with Gasteiger partial charge in [-0.2, -0.15) is 0 Å². The molecule has 144 valence electrons. The molecule has 0 aliphatic heterocycles. The number of benzene rings is 1. The number of rotatable bonds is 8. The van der Waals surface area contributed by atoms with Crippen LogP contribution < -0.4 is 15.6 Å². The molecule has 6 nitrogen and oxygen atoms in total. The van der Waals surface area contributed by atoms with Crippen LogP contribution in [0.25, 0.3) is 11.4 Å². The quantitative estimate of drug-likeness (QED) is 0.743. The monoisotopic (exact) mass is 369 g/mol. The van der Waals surface area contributed by atoms with Crippen molar-refractivity contribution in [3.63, 3.8) is 0 Å². The maximum Gasteiger partial charge on any atom is 0.254 e. The van der Waals surface area contributed by atoms with Crippen molar-refractivity contribution in [1.82, 2.24) is 9.97 Å². The van der Waals surface area contributed by atoms with E-state index < -0.39 is 0 Å². The van der Waals surface area contributed by atoms with E-state index >= 15 is 0 Å². The van der Waals surface area contributed by atoms with E-state index in [1.54, 1.807) is 0 Å². The van der Waals surface area contributed by atoms with Crippen LogP contribution in [0.1, 0.15) is 51.3 Å². The third-order valence-electron chi connectivity index (χ3n) is 4.70. The number of nitrogens with one attached hydrogen (secondary N) is 2. The van der Waals surface area contributed by atoms with Gasteiger partial charge >= 0.3 is 0 Å². The van der Waals surface area contributed by atoms with Crippen LogP contribution in [0.4, 0.5) is 5.69 Å². The molecular weight excluding hydrogens is 342 g/mol. The number of hydrogen-bond acceptors (Lipinski definition) is 4. The average molecular weight is 369 g/mol. The molecule has 1 aromatic heterocycles. The van der Waals surface area contributed by atoms with Gasteiger partial charge in [0.25, 0.3) is 5.56 Å². The zero-order valence-electron chi connectivity index (χ0n) is 16.2. The lowest BCUT2D eigenvalue weighted by Gasteiger charge is -2.14. The molecule has 3 rings (SSSR count). The Kier molecular flexibility index (Phi) is 5.94. The molecule has 6 heteroatoms. The number of nitrogens with zero attached hydrogens (tertiary/aromatic N) is 1. The van der Waals surface area contributed by atoms with E-state index in [-0.39, 0.29) is 17.4 Å². The summed E-state index contributed by atoms with van der Waals surface area (Å²) in [6.45, 7) is 6.55. The standard InChI is InChI=1S/C21H27N3O3/c1-4-11-27-18-10-9-14(22-20(25)13-7-8-13)12-16(18)19-23-17(6-3)15(5-2)21(26)24-19/h9-10,12-13H,4-8,11H2,1-3H3,(H,22,25)(H,23,24,26). The highest BCUT2D eigenvalue weighted by Gasteiger charge is 2.29. The molecule has 1 fully saturated rings. The first kappa shape index (κ1) is 19.1. The molecule has 2 aromatic rings. The molecule has 0 saturated heterocycles. The number of amides is 1. The first-order chi connectivity index (χ1) is 13.1. The summed E-state index contributed by atoms with van der Waals surface area (Å²) in [5.41, 5.74) is 2.77. The first-order valence-corrected chi connectivity index (χ1v) is 9.77. The van der Waals surface area contributed by atoms with Crippen molar-refractivity contribution in [3.8, 4) is 17.1 Å². The Labute approximate surface area is 159 Å². The van der Waals surface area contributed by atoms with Crippen LogP contribution in [0.15, 0.2) is 23.0 Å². The van der Waals surface area contributed by atoms with Crippen molar-refractivity contribution in [2.24, 2.45) is 5.92 Å². The van der Waals surface area contributed by atoms with Crippen LogP contribution >= 0.6 is 0 Å². The molecule has 1 aliphatic carbocycles. The molecule has 27 heavy (non-hydrogen) atoms.